The van der Waals surface area contributed by atoms with Crippen molar-refractivity contribution < 1.29 is 9.59 Å². The molecule has 5 nitrogen and oxygen atoms in total. The van der Waals surface area contributed by atoms with Crippen molar-refractivity contribution >= 4 is 17.5 Å². The number of amides is 2. The zero-order chi connectivity index (χ0) is 19.5. The number of fused-ring (bicyclic) bond motifs is 1. The molecule has 0 spiro atoms. The number of anilines is 1. The first-order valence-electron chi connectivity index (χ1n) is 9.48. The SMILES string of the molecule is Cc1ccc(NC(=O)CC(=O)N2CCn3cccc3C2c2ccccc2)cc1. The third kappa shape index (κ3) is 3.69. The second-order valence-corrected chi connectivity index (χ2v) is 7.12. The summed E-state index contributed by atoms with van der Waals surface area (Å²) in [5, 5.41) is 2.82. The van der Waals surface area contributed by atoms with Crippen LogP contribution in [0.3, 0.4) is 0 Å². The van der Waals surface area contributed by atoms with Gasteiger partial charge in [-0.1, -0.05) is 48.0 Å². The fourth-order valence-corrected chi connectivity index (χ4v) is 3.72. The zero-order valence-corrected chi connectivity index (χ0v) is 15.8. The molecule has 0 bridgehead atoms. The lowest BCUT2D eigenvalue weighted by molar-refractivity contribution is -0.136. The van der Waals surface area contributed by atoms with Crippen LogP contribution in [0.5, 0.6) is 0 Å². The van der Waals surface area contributed by atoms with Crippen LogP contribution in [0.4, 0.5) is 5.69 Å². The van der Waals surface area contributed by atoms with Gasteiger partial charge in [-0.2, -0.15) is 0 Å². The predicted molar refractivity (Wildman–Crippen MR) is 109 cm³/mol. The van der Waals surface area contributed by atoms with E-state index in [0.29, 0.717) is 12.2 Å². The largest absolute Gasteiger partial charge is 0.348 e. The van der Waals surface area contributed by atoms with E-state index in [1.807, 2.05) is 84.8 Å². The van der Waals surface area contributed by atoms with Crippen LogP contribution in [0.25, 0.3) is 0 Å². The first-order valence-corrected chi connectivity index (χ1v) is 9.48. The molecule has 0 aliphatic carbocycles. The highest BCUT2D eigenvalue weighted by atomic mass is 16.2. The second-order valence-electron chi connectivity index (χ2n) is 7.12. The van der Waals surface area contributed by atoms with E-state index in [4.69, 9.17) is 0 Å². The van der Waals surface area contributed by atoms with E-state index in [9.17, 15) is 9.59 Å². The van der Waals surface area contributed by atoms with Gasteiger partial charge in [-0.15, -0.1) is 0 Å². The molecule has 1 N–H and O–H groups in total. The number of carbonyl (C=O) groups excluding carboxylic acids is 2. The molecule has 0 saturated heterocycles. The van der Waals surface area contributed by atoms with E-state index < -0.39 is 0 Å². The Labute approximate surface area is 164 Å². The maximum Gasteiger partial charge on any atom is 0.233 e. The molecular weight excluding hydrogens is 350 g/mol. The third-order valence-electron chi connectivity index (χ3n) is 5.12. The molecular formula is C23H23N3O2. The smallest absolute Gasteiger partial charge is 0.233 e. The van der Waals surface area contributed by atoms with Gasteiger partial charge < -0.3 is 14.8 Å². The van der Waals surface area contributed by atoms with Crippen LogP contribution >= 0.6 is 0 Å². The predicted octanol–water partition coefficient (Wildman–Crippen LogP) is 3.76. The van der Waals surface area contributed by atoms with E-state index in [-0.39, 0.29) is 24.3 Å². The summed E-state index contributed by atoms with van der Waals surface area (Å²) in [6.07, 6.45) is 1.87. The van der Waals surface area contributed by atoms with E-state index >= 15 is 0 Å². The first kappa shape index (κ1) is 18.0. The Kier molecular flexibility index (Phi) is 4.98. The van der Waals surface area contributed by atoms with Gasteiger partial charge in [-0.25, -0.2) is 0 Å². The number of hydrogen-bond acceptors (Lipinski definition) is 2. The van der Waals surface area contributed by atoms with Crippen LogP contribution in [0.15, 0.2) is 72.9 Å². The average Bonchev–Trinajstić information content (AvgIpc) is 3.18. The molecule has 1 aliphatic rings. The van der Waals surface area contributed by atoms with Crippen LogP contribution in [0, 0.1) is 6.92 Å². The number of carbonyl (C=O) groups is 2. The average molecular weight is 373 g/mol. The van der Waals surface area contributed by atoms with Gasteiger partial charge in [0, 0.05) is 30.7 Å². The molecule has 2 aromatic carbocycles. The van der Waals surface area contributed by atoms with Crippen molar-refractivity contribution in [1.29, 1.82) is 0 Å². The van der Waals surface area contributed by atoms with Crippen LogP contribution in [-0.4, -0.2) is 27.8 Å². The Bertz CT molecular complexity index is 977. The minimum atomic E-state index is -0.290. The molecule has 1 aliphatic heterocycles. The van der Waals surface area contributed by atoms with Gasteiger partial charge >= 0.3 is 0 Å². The maximum atomic E-state index is 13.0. The fraction of sp³-hybridized carbons (Fsp3) is 0.217. The summed E-state index contributed by atoms with van der Waals surface area (Å²) in [4.78, 5) is 27.3. The van der Waals surface area contributed by atoms with Crippen LogP contribution in [-0.2, 0) is 16.1 Å². The van der Waals surface area contributed by atoms with Crippen molar-refractivity contribution in [3.05, 3.63) is 89.7 Å². The summed E-state index contributed by atoms with van der Waals surface area (Å²) in [6, 6.07) is 21.4. The van der Waals surface area contributed by atoms with E-state index in [1.54, 1.807) is 0 Å². The lowest BCUT2D eigenvalue weighted by Crippen LogP contribution is -2.43. The summed E-state index contributed by atoms with van der Waals surface area (Å²) < 4.78 is 2.17. The summed E-state index contributed by atoms with van der Waals surface area (Å²) in [7, 11) is 0. The molecule has 3 aromatic rings. The van der Waals surface area contributed by atoms with E-state index in [2.05, 4.69) is 9.88 Å². The summed E-state index contributed by atoms with van der Waals surface area (Å²) in [5.74, 6) is -0.451. The Balaban J connectivity index is 1.52. The Morgan fingerprint density at radius 2 is 1.71 bits per heavy atom. The summed E-state index contributed by atoms with van der Waals surface area (Å²) in [5.41, 5.74) is 3.95. The molecule has 2 heterocycles. The molecule has 0 saturated carbocycles. The van der Waals surface area contributed by atoms with Crippen LogP contribution < -0.4 is 5.32 Å². The van der Waals surface area contributed by atoms with Gasteiger partial charge in [0.1, 0.15) is 6.42 Å². The minimum absolute atomic E-state index is 0.161. The van der Waals surface area contributed by atoms with Crippen LogP contribution in [0.1, 0.15) is 29.3 Å². The quantitative estimate of drug-likeness (QED) is 0.708. The Morgan fingerprint density at radius 3 is 2.46 bits per heavy atom. The number of aryl methyl sites for hydroxylation is 1. The molecule has 4 rings (SSSR count). The minimum Gasteiger partial charge on any atom is -0.348 e. The van der Waals surface area contributed by atoms with Gasteiger partial charge in [-0.05, 0) is 36.8 Å². The van der Waals surface area contributed by atoms with E-state index in [0.717, 1.165) is 23.4 Å². The van der Waals surface area contributed by atoms with Gasteiger partial charge in [0.15, 0.2) is 0 Å². The van der Waals surface area contributed by atoms with Crippen molar-refractivity contribution in [3.63, 3.8) is 0 Å². The Hall–Kier alpha value is -3.34. The van der Waals surface area contributed by atoms with E-state index in [1.165, 1.54) is 0 Å². The number of aromatic nitrogens is 1. The molecule has 142 valence electrons. The Morgan fingerprint density at radius 1 is 0.964 bits per heavy atom. The number of hydrogen-bond donors (Lipinski definition) is 1. The van der Waals surface area contributed by atoms with Crippen molar-refractivity contribution in [2.24, 2.45) is 0 Å². The molecule has 0 fully saturated rings. The number of rotatable bonds is 4. The molecule has 28 heavy (non-hydrogen) atoms. The van der Waals surface area contributed by atoms with Gasteiger partial charge in [0.25, 0.3) is 0 Å². The van der Waals surface area contributed by atoms with Crippen molar-refractivity contribution in [2.75, 3.05) is 11.9 Å². The number of nitrogens with one attached hydrogen (secondary N) is 1. The molecule has 5 heteroatoms. The standard InChI is InChI=1S/C23H23N3O2/c1-17-9-11-19(12-10-17)24-21(27)16-22(28)26-15-14-25-13-5-8-20(25)23(26)18-6-3-2-4-7-18/h2-13,23H,14-16H2,1H3,(H,24,27). The molecule has 0 radical (unpaired) electrons. The highest BCUT2D eigenvalue weighted by Gasteiger charge is 2.32. The second kappa shape index (κ2) is 7.72. The van der Waals surface area contributed by atoms with Gasteiger partial charge in [0.2, 0.25) is 11.8 Å². The molecule has 1 aromatic heterocycles. The van der Waals surface area contributed by atoms with Crippen LogP contribution in [0.2, 0.25) is 0 Å². The summed E-state index contributed by atoms with van der Waals surface area (Å²) >= 11 is 0. The monoisotopic (exact) mass is 373 g/mol. The topological polar surface area (TPSA) is 54.3 Å². The lowest BCUT2D eigenvalue weighted by atomic mass is 9.99. The van der Waals surface area contributed by atoms with Gasteiger partial charge in [-0.3, -0.25) is 9.59 Å². The molecule has 2 amide bonds. The number of nitrogens with zero attached hydrogens (tertiary/aromatic N) is 2. The third-order valence-corrected chi connectivity index (χ3v) is 5.12. The van der Waals surface area contributed by atoms with Crippen molar-refractivity contribution in [3.8, 4) is 0 Å². The maximum absolute atomic E-state index is 13.0. The van der Waals surface area contributed by atoms with Crippen molar-refractivity contribution in [1.82, 2.24) is 9.47 Å². The first-order chi connectivity index (χ1) is 13.6. The lowest BCUT2D eigenvalue weighted by Gasteiger charge is -2.37. The summed E-state index contributed by atoms with van der Waals surface area (Å²) in [6.45, 7) is 3.31. The zero-order valence-electron chi connectivity index (χ0n) is 15.8. The highest BCUT2D eigenvalue weighted by molar-refractivity contribution is 6.03. The normalized spacial score (nSPS) is 15.8. The van der Waals surface area contributed by atoms with Crippen molar-refractivity contribution in [2.45, 2.75) is 25.9 Å². The molecule has 1 atom stereocenters. The number of benzene rings is 2. The molecule has 1 unspecified atom stereocenters. The highest BCUT2D eigenvalue weighted by Crippen LogP contribution is 2.32. The van der Waals surface area contributed by atoms with Gasteiger partial charge in [0.05, 0.1) is 6.04 Å². The fourth-order valence-electron chi connectivity index (χ4n) is 3.72.